The molecule has 0 aliphatic heterocycles. The zero-order valence-corrected chi connectivity index (χ0v) is 14.5. The number of hydrogen-bond donors (Lipinski definition) is 1. The van der Waals surface area contributed by atoms with Crippen LogP contribution in [0.4, 0.5) is 18.3 Å². The molecule has 3 aromatic rings. The lowest BCUT2D eigenvalue weighted by atomic mass is 10.2. The first-order chi connectivity index (χ1) is 12.3. The summed E-state index contributed by atoms with van der Waals surface area (Å²) in [5, 5.41) is 2.60. The maximum Gasteiger partial charge on any atom is 0.418 e. The molecule has 1 heterocycles. The maximum atomic E-state index is 13.1. The van der Waals surface area contributed by atoms with Gasteiger partial charge in [-0.1, -0.05) is 17.4 Å². The minimum atomic E-state index is -4.52. The topological polar surface area (TPSA) is 60.5 Å². The average Bonchev–Trinajstić information content (AvgIpc) is 3.02. The predicted octanol–water partition coefficient (Wildman–Crippen LogP) is 4.58. The molecule has 1 amide bonds. The van der Waals surface area contributed by atoms with Crippen molar-refractivity contribution in [3.05, 3.63) is 47.5 Å². The van der Waals surface area contributed by atoms with Crippen molar-refractivity contribution in [1.82, 2.24) is 4.98 Å². The monoisotopic (exact) mass is 382 g/mol. The van der Waals surface area contributed by atoms with Crippen LogP contribution in [0.25, 0.3) is 10.2 Å². The van der Waals surface area contributed by atoms with Crippen LogP contribution in [0.15, 0.2) is 36.4 Å². The molecule has 136 valence electrons. The van der Waals surface area contributed by atoms with Gasteiger partial charge in [0.2, 0.25) is 0 Å². The van der Waals surface area contributed by atoms with Gasteiger partial charge in [-0.05, 0) is 30.3 Å². The zero-order chi connectivity index (χ0) is 18.9. The second-order valence-electron chi connectivity index (χ2n) is 5.19. The number of aromatic nitrogens is 1. The van der Waals surface area contributed by atoms with E-state index in [1.165, 1.54) is 38.5 Å². The standard InChI is InChI=1S/C17H13F3N2O3S/c1-24-11-7-6-9(8-12(11)25-2)15(23)22-16-21-14-10(17(18,19)20)4-3-5-13(14)26-16/h3-8H,1-2H3,(H,21,22,23). The maximum absolute atomic E-state index is 13.1. The summed E-state index contributed by atoms with van der Waals surface area (Å²) >= 11 is 0.969. The predicted molar refractivity (Wildman–Crippen MR) is 92.1 cm³/mol. The number of halogens is 3. The van der Waals surface area contributed by atoms with Gasteiger partial charge in [-0.15, -0.1) is 0 Å². The lowest BCUT2D eigenvalue weighted by Crippen LogP contribution is -2.12. The number of hydrogen-bond acceptors (Lipinski definition) is 5. The molecule has 3 rings (SSSR count). The lowest BCUT2D eigenvalue weighted by molar-refractivity contribution is -0.136. The first-order valence-electron chi connectivity index (χ1n) is 7.33. The number of nitrogens with zero attached hydrogens (tertiary/aromatic N) is 1. The highest BCUT2D eigenvalue weighted by molar-refractivity contribution is 7.22. The zero-order valence-electron chi connectivity index (χ0n) is 13.7. The van der Waals surface area contributed by atoms with Gasteiger partial charge in [0.25, 0.3) is 5.91 Å². The number of carbonyl (C=O) groups is 1. The van der Waals surface area contributed by atoms with Crippen molar-refractivity contribution < 1.29 is 27.4 Å². The lowest BCUT2D eigenvalue weighted by Gasteiger charge is -2.09. The number of alkyl halides is 3. The number of benzene rings is 2. The Balaban J connectivity index is 1.91. The van der Waals surface area contributed by atoms with E-state index in [0.29, 0.717) is 16.2 Å². The van der Waals surface area contributed by atoms with Gasteiger partial charge in [0.15, 0.2) is 16.6 Å². The summed E-state index contributed by atoms with van der Waals surface area (Å²) in [4.78, 5) is 16.3. The Morgan fingerprint density at radius 2 is 1.85 bits per heavy atom. The van der Waals surface area contributed by atoms with Crippen LogP contribution < -0.4 is 14.8 Å². The third-order valence-corrected chi connectivity index (χ3v) is 4.53. The van der Waals surface area contributed by atoms with Crippen LogP contribution >= 0.6 is 11.3 Å². The number of methoxy groups -OCH3 is 2. The highest BCUT2D eigenvalue weighted by Crippen LogP contribution is 2.37. The van der Waals surface area contributed by atoms with Crippen LogP contribution in [-0.2, 0) is 6.18 Å². The summed E-state index contributed by atoms with van der Waals surface area (Å²) in [5.74, 6) is 0.307. The van der Waals surface area contributed by atoms with Crippen molar-refractivity contribution >= 4 is 32.6 Å². The fraction of sp³-hybridized carbons (Fsp3) is 0.176. The molecule has 9 heteroatoms. The van der Waals surface area contributed by atoms with Crippen molar-refractivity contribution in [2.75, 3.05) is 19.5 Å². The molecule has 0 bridgehead atoms. The smallest absolute Gasteiger partial charge is 0.418 e. The van der Waals surface area contributed by atoms with E-state index in [0.717, 1.165) is 17.4 Å². The van der Waals surface area contributed by atoms with Crippen LogP contribution in [0.2, 0.25) is 0 Å². The van der Waals surface area contributed by atoms with Crippen molar-refractivity contribution in [1.29, 1.82) is 0 Å². The molecule has 0 aliphatic rings. The van der Waals surface area contributed by atoms with E-state index in [1.807, 2.05) is 0 Å². The third-order valence-electron chi connectivity index (χ3n) is 3.59. The number of rotatable bonds is 4. The number of amides is 1. The Kier molecular flexibility index (Phi) is 4.73. The molecule has 2 aromatic carbocycles. The minimum absolute atomic E-state index is 0.0801. The van der Waals surface area contributed by atoms with Gasteiger partial charge in [-0.25, -0.2) is 4.98 Å². The van der Waals surface area contributed by atoms with Crippen molar-refractivity contribution in [3.8, 4) is 11.5 Å². The SMILES string of the molecule is COc1ccc(C(=O)Nc2nc3c(C(F)(F)F)cccc3s2)cc1OC. The minimum Gasteiger partial charge on any atom is -0.493 e. The number of fused-ring (bicyclic) bond motifs is 1. The molecule has 0 aliphatic carbocycles. The summed E-state index contributed by atoms with van der Waals surface area (Å²) < 4.78 is 49.8. The van der Waals surface area contributed by atoms with E-state index in [2.05, 4.69) is 10.3 Å². The molecule has 1 N–H and O–H groups in total. The van der Waals surface area contributed by atoms with E-state index in [9.17, 15) is 18.0 Å². The highest BCUT2D eigenvalue weighted by atomic mass is 32.1. The molecule has 0 radical (unpaired) electrons. The summed E-state index contributed by atoms with van der Waals surface area (Å²) in [6.45, 7) is 0. The molecule has 0 unspecified atom stereocenters. The second-order valence-corrected chi connectivity index (χ2v) is 6.22. The molecule has 5 nitrogen and oxygen atoms in total. The van der Waals surface area contributed by atoms with Crippen LogP contribution in [0.5, 0.6) is 11.5 Å². The molecule has 0 atom stereocenters. The Morgan fingerprint density at radius 1 is 1.12 bits per heavy atom. The molecule has 0 saturated carbocycles. The van der Waals surface area contributed by atoms with Gasteiger partial charge < -0.3 is 9.47 Å². The van der Waals surface area contributed by atoms with E-state index in [-0.39, 0.29) is 16.2 Å². The number of anilines is 1. The number of thiazole rings is 1. The van der Waals surface area contributed by atoms with Gasteiger partial charge in [0.1, 0.15) is 0 Å². The first kappa shape index (κ1) is 18.0. The van der Waals surface area contributed by atoms with E-state index in [1.54, 1.807) is 6.07 Å². The summed E-state index contributed by atoms with van der Waals surface area (Å²) in [7, 11) is 2.91. The van der Waals surface area contributed by atoms with Crippen LogP contribution in [0.3, 0.4) is 0 Å². The first-order valence-corrected chi connectivity index (χ1v) is 8.15. The molecule has 26 heavy (non-hydrogen) atoms. The Morgan fingerprint density at radius 3 is 2.50 bits per heavy atom. The fourth-order valence-electron chi connectivity index (χ4n) is 2.38. The van der Waals surface area contributed by atoms with E-state index in [4.69, 9.17) is 9.47 Å². The highest BCUT2D eigenvalue weighted by Gasteiger charge is 2.33. The summed E-state index contributed by atoms with van der Waals surface area (Å²) in [6, 6.07) is 8.35. The van der Waals surface area contributed by atoms with Gasteiger partial charge >= 0.3 is 6.18 Å². The molecule has 1 aromatic heterocycles. The number of ether oxygens (including phenoxy) is 2. The largest absolute Gasteiger partial charge is 0.493 e. The van der Waals surface area contributed by atoms with Gasteiger partial charge in [0, 0.05) is 5.56 Å². The molecule has 0 fully saturated rings. The van der Waals surface area contributed by atoms with Gasteiger partial charge in [-0.2, -0.15) is 13.2 Å². The van der Waals surface area contributed by atoms with E-state index < -0.39 is 17.6 Å². The summed E-state index contributed by atoms with van der Waals surface area (Å²) in [5.41, 5.74) is -0.761. The Labute approximate surface area is 150 Å². The van der Waals surface area contributed by atoms with Crippen molar-refractivity contribution in [2.24, 2.45) is 0 Å². The average molecular weight is 382 g/mol. The Hall–Kier alpha value is -2.81. The number of carbonyl (C=O) groups excluding carboxylic acids is 1. The summed E-state index contributed by atoms with van der Waals surface area (Å²) in [6.07, 6.45) is -4.52. The molecular weight excluding hydrogens is 369 g/mol. The second kappa shape index (κ2) is 6.83. The molecule has 0 spiro atoms. The molecule has 0 saturated heterocycles. The van der Waals surface area contributed by atoms with Crippen LogP contribution in [-0.4, -0.2) is 25.1 Å². The quantitative estimate of drug-likeness (QED) is 0.717. The van der Waals surface area contributed by atoms with Gasteiger partial charge in [-0.3, -0.25) is 10.1 Å². The van der Waals surface area contributed by atoms with Crippen molar-refractivity contribution in [2.45, 2.75) is 6.18 Å². The molecular formula is C17H13F3N2O3S. The van der Waals surface area contributed by atoms with Crippen LogP contribution in [0, 0.1) is 0 Å². The Bertz CT molecular complexity index is 970. The van der Waals surface area contributed by atoms with Gasteiger partial charge in [0.05, 0.1) is 30.0 Å². The van der Waals surface area contributed by atoms with Crippen LogP contribution in [0.1, 0.15) is 15.9 Å². The number of nitrogens with one attached hydrogen (secondary N) is 1. The third kappa shape index (κ3) is 3.43. The van der Waals surface area contributed by atoms with E-state index >= 15 is 0 Å². The van der Waals surface area contributed by atoms with Crippen molar-refractivity contribution in [3.63, 3.8) is 0 Å². The fourth-order valence-corrected chi connectivity index (χ4v) is 3.27. The normalized spacial score (nSPS) is 11.4. The number of para-hydroxylation sites is 1.